The molecule has 3 rings (SSSR count). The molecule has 112 valence electrons. The fourth-order valence-corrected chi connectivity index (χ4v) is 2.90. The van der Waals surface area contributed by atoms with E-state index in [-0.39, 0.29) is 18.1 Å². The zero-order chi connectivity index (χ0) is 15.0. The molecule has 0 bridgehead atoms. The first kappa shape index (κ1) is 14.3. The molecule has 0 aliphatic carbocycles. The molecule has 2 N–H and O–H groups in total. The highest BCUT2D eigenvalue weighted by Gasteiger charge is 2.34. The van der Waals surface area contributed by atoms with Crippen molar-refractivity contribution in [2.75, 3.05) is 26.0 Å². The van der Waals surface area contributed by atoms with E-state index in [2.05, 4.69) is 15.3 Å². The number of methoxy groups -OCH3 is 1. The average molecular weight is 309 g/mol. The van der Waals surface area contributed by atoms with Gasteiger partial charge >= 0.3 is 0 Å². The SMILES string of the molecule is CO[C@H]1C[C@@H](C(=O)Nc2nc3c(Cl)cccc3[nH]2)N(C)C1. The van der Waals surface area contributed by atoms with Crippen LogP contribution >= 0.6 is 11.6 Å². The molecule has 2 aromatic rings. The van der Waals surface area contributed by atoms with Gasteiger partial charge in [-0.3, -0.25) is 15.0 Å². The standard InChI is InChI=1S/C14H17ClN4O2/c1-19-7-8(21-2)6-11(19)13(20)18-14-16-10-5-3-4-9(15)12(10)17-14/h3-5,8,11H,6-7H2,1-2H3,(H2,16,17,18,20)/t8-,11-/m0/s1. The fourth-order valence-electron chi connectivity index (χ4n) is 2.69. The first-order valence-corrected chi connectivity index (χ1v) is 7.14. The number of hydrogen-bond acceptors (Lipinski definition) is 4. The van der Waals surface area contributed by atoms with Crippen molar-refractivity contribution in [3.63, 3.8) is 0 Å². The summed E-state index contributed by atoms with van der Waals surface area (Å²) in [6.45, 7) is 0.751. The van der Waals surface area contributed by atoms with Crippen molar-refractivity contribution < 1.29 is 9.53 Å². The Hall–Kier alpha value is -1.63. The summed E-state index contributed by atoms with van der Waals surface area (Å²) in [6, 6.07) is 5.26. The highest BCUT2D eigenvalue weighted by atomic mass is 35.5. The van der Waals surface area contributed by atoms with Crippen LogP contribution in [0.15, 0.2) is 18.2 Å². The lowest BCUT2D eigenvalue weighted by Gasteiger charge is -2.17. The summed E-state index contributed by atoms with van der Waals surface area (Å²) in [4.78, 5) is 21.7. The number of hydrogen-bond donors (Lipinski definition) is 2. The molecule has 7 heteroatoms. The van der Waals surface area contributed by atoms with Crippen molar-refractivity contribution >= 4 is 34.5 Å². The van der Waals surface area contributed by atoms with E-state index >= 15 is 0 Å². The number of likely N-dealkylation sites (N-methyl/N-ethyl adjacent to an activating group) is 1. The summed E-state index contributed by atoms with van der Waals surface area (Å²) in [5.41, 5.74) is 1.45. The van der Waals surface area contributed by atoms with Gasteiger partial charge in [-0.05, 0) is 25.6 Å². The van der Waals surface area contributed by atoms with Crippen LogP contribution in [0.1, 0.15) is 6.42 Å². The van der Waals surface area contributed by atoms with Crippen LogP contribution in [0.3, 0.4) is 0 Å². The number of carbonyl (C=O) groups is 1. The lowest BCUT2D eigenvalue weighted by atomic mass is 10.2. The van der Waals surface area contributed by atoms with Gasteiger partial charge in [0.05, 0.1) is 22.7 Å². The molecule has 1 aromatic carbocycles. The van der Waals surface area contributed by atoms with Crippen LogP contribution in [-0.4, -0.2) is 53.6 Å². The van der Waals surface area contributed by atoms with Crippen LogP contribution in [0.4, 0.5) is 5.95 Å². The predicted octanol–water partition coefficient (Wildman–Crippen LogP) is 1.87. The van der Waals surface area contributed by atoms with Crippen LogP contribution in [-0.2, 0) is 9.53 Å². The van der Waals surface area contributed by atoms with Crippen molar-refractivity contribution in [2.45, 2.75) is 18.6 Å². The maximum atomic E-state index is 12.3. The number of rotatable bonds is 3. The number of para-hydroxylation sites is 1. The Morgan fingerprint density at radius 2 is 2.38 bits per heavy atom. The number of halogens is 1. The molecule has 21 heavy (non-hydrogen) atoms. The predicted molar refractivity (Wildman–Crippen MR) is 81.6 cm³/mol. The second-order valence-corrected chi connectivity index (χ2v) is 5.67. The van der Waals surface area contributed by atoms with Gasteiger partial charge in [0.25, 0.3) is 0 Å². The van der Waals surface area contributed by atoms with Crippen LogP contribution in [0.25, 0.3) is 11.0 Å². The van der Waals surface area contributed by atoms with E-state index in [9.17, 15) is 4.79 Å². The molecule has 2 atom stereocenters. The summed E-state index contributed by atoms with van der Waals surface area (Å²) < 4.78 is 5.31. The van der Waals surface area contributed by atoms with Crippen molar-refractivity contribution in [1.82, 2.24) is 14.9 Å². The third-order valence-electron chi connectivity index (χ3n) is 3.85. The summed E-state index contributed by atoms with van der Waals surface area (Å²) in [5.74, 6) is 0.324. The third kappa shape index (κ3) is 2.74. The Balaban J connectivity index is 1.76. The Morgan fingerprint density at radius 1 is 1.57 bits per heavy atom. The van der Waals surface area contributed by atoms with Gasteiger partial charge in [-0.15, -0.1) is 0 Å². The van der Waals surface area contributed by atoms with Crippen molar-refractivity contribution in [2.24, 2.45) is 0 Å². The minimum Gasteiger partial charge on any atom is -0.380 e. The minimum atomic E-state index is -0.210. The van der Waals surface area contributed by atoms with Crippen molar-refractivity contribution in [3.8, 4) is 0 Å². The average Bonchev–Trinajstić information content (AvgIpc) is 3.02. The second-order valence-electron chi connectivity index (χ2n) is 5.26. The maximum Gasteiger partial charge on any atom is 0.244 e. The summed E-state index contributed by atoms with van der Waals surface area (Å²) in [6.07, 6.45) is 0.774. The van der Waals surface area contributed by atoms with Crippen molar-refractivity contribution in [1.29, 1.82) is 0 Å². The molecule has 1 aliphatic rings. The molecule has 1 saturated heterocycles. The highest BCUT2D eigenvalue weighted by molar-refractivity contribution is 6.35. The topological polar surface area (TPSA) is 70.2 Å². The lowest BCUT2D eigenvalue weighted by molar-refractivity contribution is -0.120. The number of nitrogens with one attached hydrogen (secondary N) is 2. The molecule has 1 aromatic heterocycles. The van der Waals surface area contributed by atoms with Gasteiger partial charge in [0.2, 0.25) is 11.9 Å². The normalized spacial score (nSPS) is 22.8. The number of likely N-dealkylation sites (tertiary alicyclic amines) is 1. The number of benzene rings is 1. The Bertz CT molecular complexity index is 672. The number of H-pyrrole nitrogens is 1. The van der Waals surface area contributed by atoms with Gasteiger partial charge in [-0.1, -0.05) is 17.7 Å². The maximum absolute atomic E-state index is 12.3. The van der Waals surface area contributed by atoms with E-state index in [4.69, 9.17) is 16.3 Å². The quantitative estimate of drug-likeness (QED) is 0.908. The number of amides is 1. The smallest absolute Gasteiger partial charge is 0.244 e. The molecule has 6 nitrogen and oxygen atoms in total. The lowest BCUT2D eigenvalue weighted by Crippen LogP contribution is -2.37. The molecular weight excluding hydrogens is 292 g/mol. The number of carbonyl (C=O) groups excluding carboxylic acids is 1. The third-order valence-corrected chi connectivity index (χ3v) is 4.16. The molecule has 1 aliphatic heterocycles. The molecule has 0 spiro atoms. The van der Waals surface area contributed by atoms with Crippen molar-refractivity contribution in [3.05, 3.63) is 23.2 Å². The minimum absolute atomic E-state index is 0.0905. The zero-order valence-electron chi connectivity index (χ0n) is 11.9. The molecule has 1 fully saturated rings. The van der Waals surface area contributed by atoms with E-state index in [1.165, 1.54) is 0 Å². The first-order valence-electron chi connectivity index (χ1n) is 6.76. The van der Waals surface area contributed by atoms with Gasteiger partial charge in [0.15, 0.2) is 0 Å². The number of fused-ring (bicyclic) bond motifs is 1. The number of nitrogens with zero attached hydrogens (tertiary/aromatic N) is 2. The molecular formula is C14H17ClN4O2. The van der Waals surface area contributed by atoms with E-state index in [0.717, 1.165) is 12.1 Å². The molecule has 0 saturated carbocycles. The number of ether oxygens (including phenoxy) is 1. The van der Waals surface area contributed by atoms with Gasteiger partial charge < -0.3 is 9.72 Å². The summed E-state index contributed by atoms with van der Waals surface area (Å²) >= 11 is 6.08. The summed E-state index contributed by atoms with van der Waals surface area (Å²) in [7, 11) is 3.58. The molecule has 1 amide bonds. The van der Waals surface area contributed by atoms with Gasteiger partial charge in [-0.2, -0.15) is 0 Å². The van der Waals surface area contributed by atoms with E-state index in [0.29, 0.717) is 22.9 Å². The highest BCUT2D eigenvalue weighted by Crippen LogP contribution is 2.23. The molecule has 0 radical (unpaired) electrons. The summed E-state index contributed by atoms with van der Waals surface area (Å²) in [5, 5.41) is 3.37. The molecule has 2 heterocycles. The van der Waals surface area contributed by atoms with Crippen LogP contribution in [0.2, 0.25) is 5.02 Å². The van der Waals surface area contributed by atoms with Crippen LogP contribution in [0.5, 0.6) is 0 Å². The van der Waals surface area contributed by atoms with Crippen LogP contribution in [0, 0.1) is 0 Å². The van der Waals surface area contributed by atoms with Gasteiger partial charge in [0.1, 0.15) is 5.52 Å². The fraction of sp³-hybridized carbons (Fsp3) is 0.429. The van der Waals surface area contributed by atoms with Crippen LogP contribution < -0.4 is 5.32 Å². The van der Waals surface area contributed by atoms with E-state index in [1.54, 1.807) is 13.2 Å². The monoisotopic (exact) mass is 308 g/mol. The van der Waals surface area contributed by atoms with E-state index < -0.39 is 0 Å². The largest absolute Gasteiger partial charge is 0.380 e. The zero-order valence-corrected chi connectivity index (χ0v) is 12.6. The Kier molecular flexibility index (Phi) is 3.84. The Morgan fingerprint density at radius 3 is 3.05 bits per heavy atom. The first-order chi connectivity index (χ1) is 10.1. The van der Waals surface area contributed by atoms with E-state index in [1.807, 2.05) is 24.1 Å². The van der Waals surface area contributed by atoms with Gasteiger partial charge in [0, 0.05) is 13.7 Å². The number of anilines is 1. The Labute approximate surface area is 127 Å². The number of aromatic amines is 1. The molecule has 0 unspecified atom stereocenters. The number of imidazole rings is 1. The number of aromatic nitrogens is 2. The van der Waals surface area contributed by atoms with Gasteiger partial charge in [-0.25, -0.2) is 4.98 Å². The second kappa shape index (κ2) is 5.63.